The Labute approximate surface area is 123 Å². The maximum atomic E-state index is 5.43. The van der Waals surface area contributed by atoms with Gasteiger partial charge in [-0.3, -0.25) is 0 Å². The van der Waals surface area contributed by atoms with Gasteiger partial charge in [-0.1, -0.05) is 18.3 Å². The molecule has 3 rings (SSSR count). The summed E-state index contributed by atoms with van der Waals surface area (Å²) in [5.74, 6) is 1.55. The van der Waals surface area contributed by atoms with Crippen LogP contribution in [0.5, 0.6) is 11.5 Å². The van der Waals surface area contributed by atoms with Crippen LogP contribution in [0.4, 0.5) is 5.13 Å². The number of benzene rings is 1. The lowest BCUT2D eigenvalue weighted by molar-refractivity contribution is 0.173. The van der Waals surface area contributed by atoms with Crippen molar-refractivity contribution in [2.45, 2.75) is 13.3 Å². The van der Waals surface area contributed by atoms with Crippen molar-refractivity contribution in [1.29, 1.82) is 0 Å². The Morgan fingerprint density at radius 1 is 1.42 bits per heavy atom. The third-order valence-corrected chi connectivity index (χ3v) is 4.34. The first-order valence-electron chi connectivity index (χ1n) is 6.07. The summed E-state index contributed by atoms with van der Waals surface area (Å²) in [6, 6.07) is 4.02. The highest BCUT2D eigenvalue weighted by molar-refractivity contribution is 9.10. The van der Waals surface area contributed by atoms with E-state index in [2.05, 4.69) is 33.2 Å². The molecule has 1 N–H and O–H groups in total. The largest absolute Gasteiger partial charge is 0.454 e. The number of rotatable bonds is 4. The molecule has 1 aliphatic rings. The molecule has 0 bridgehead atoms. The van der Waals surface area contributed by atoms with Gasteiger partial charge in [0.1, 0.15) is 0 Å². The second kappa shape index (κ2) is 5.38. The lowest BCUT2D eigenvalue weighted by Gasteiger charge is -2.02. The molecular weight excluding hydrogens is 328 g/mol. The van der Waals surface area contributed by atoms with Gasteiger partial charge in [-0.15, -0.1) is 0 Å². The van der Waals surface area contributed by atoms with Crippen molar-refractivity contribution >= 4 is 32.4 Å². The van der Waals surface area contributed by atoms with E-state index in [4.69, 9.17) is 9.47 Å². The fourth-order valence-corrected chi connectivity index (χ4v) is 3.22. The number of anilines is 1. The van der Waals surface area contributed by atoms with Gasteiger partial charge in [0.05, 0.1) is 9.35 Å². The highest BCUT2D eigenvalue weighted by Gasteiger charge is 2.19. The molecule has 4 nitrogen and oxygen atoms in total. The highest BCUT2D eigenvalue weighted by Crippen LogP contribution is 2.43. The number of nitrogens with zero attached hydrogens (tertiary/aromatic N) is 1. The van der Waals surface area contributed by atoms with Gasteiger partial charge in [-0.25, -0.2) is 4.98 Å². The van der Waals surface area contributed by atoms with Crippen LogP contribution in [0.25, 0.3) is 10.4 Å². The summed E-state index contributed by atoms with van der Waals surface area (Å²) in [6.45, 7) is 3.36. The zero-order valence-electron chi connectivity index (χ0n) is 10.4. The first-order valence-corrected chi connectivity index (χ1v) is 7.68. The van der Waals surface area contributed by atoms with E-state index >= 15 is 0 Å². The Balaban J connectivity index is 1.90. The summed E-state index contributed by atoms with van der Waals surface area (Å²) in [5.41, 5.74) is 1.08. The van der Waals surface area contributed by atoms with Crippen LogP contribution in [0, 0.1) is 0 Å². The lowest BCUT2D eigenvalue weighted by Crippen LogP contribution is -1.97. The van der Waals surface area contributed by atoms with Crippen molar-refractivity contribution in [3.05, 3.63) is 22.8 Å². The van der Waals surface area contributed by atoms with Gasteiger partial charge >= 0.3 is 0 Å². The summed E-state index contributed by atoms with van der Waals surface area (Å²) < 4.78 is 11.7. The van der Waals surface area contributed by atoms with Gasteiger partial charge < -0.3 is 14.8 Å². The second-order valence-electron chi connectivity index (χ2n) is 4.15. The minimum absolute atomic E-state index is 0.281. The molecule has 100 valence electrons. The first kappa shape index (κ1) is 12.7. The number of halogens is 1. The van der Waals surface area contributed by atoms with Crippen LogP contribution in [-0.2, 0) is 0 Å². The summed E-state index contributed by atoms with van der Waals surface area (Å²) in [6.07, 6.45) is 2.97. The van der Waals surface area contributed by atoms with Crippen molar-refractivity contribution in [2.24, 2.45) is 0 Å². The van der Waals surface area contributed by atoms with Crippen LogP contribution in [0.2, 0.25) is 0 Å². The Bertz CT molecular complexity index is 600. The smallest absolute Gasteiger partial charge is 0.231 e. The number of fused-ring (bicyclic) bond motifs is 1. The quantitative estimate of drug-likeness (QED) is 0.908. The van der Waals surface area contributed by atoms with Crippen LogP contribution in [-0.4, -0.2) is 18.3 Å². The molecule has 0 saturated heterocycles. The van der Waals surface area contributed by atoms with Crippen molar-refractivity contribution in [1.82, 2.24) is 4.98 Å². The third kappa shape index (κ3) is 2.55. The Morgan fingerprint density at radius 3 is 3.16 bits per heavy atom. The fraction of sp³-hybridized carbons (Fsp3) is 0.308. The maximum Gasteiger partial charge on any atom is 0.231 e. The van der Waals surface area contributed by atoms with Gasteiger partial charge in [0.25, 0.3) is 0 Å². The van der Waals surface area contributed by atoms with Crippen LogP contribution < -0.4 is 14.8 Å². The molecule has 0 saturated carbocycles. The van der Waals surface area contributed by atoms with Crippen LogP contribution in [0.3, 0.4) is 0 Å². The Morgan fingerprint density at radius 2 is 2.32 bits per heavy atom. The highest BCUT2D eigenvalue weighted by atomic mass is 79.9. The van der Waals surface area contributed by atoms with Gasteiger partial charge in [0.15, 0.2) is 16.6 Å². The first-order chi connectivity index (χ1) is 9.28. The zero-order valence-corrected chi connectivity index (χ0v) is 12.8. The monoisotopic (exact) mass is 340 g/mol. The summed E-state index contributed by atoms with van der Waals surface area (Å²) in [4.78, 5) is 5.48. The van der Waals surface area contributed by atoms with Crippen LogP contribution in [0.15, 0.2) is 22.8 Å². The van der Waals surface area contributed by atoms with Gasteiger partial charge in [-0.05, 0) is 40.0 Å². The molecule has 2 heterocycles. The number of nitrogens with one attached hydrogen (secondary N) is 1. The molecule has 1 aliphatic heterocycles. The number of hydrogen-bond acceptors (Lipinski definition) is 5. The molecular formula is C13H13BrN2O2S. The molecule has 6 heteroatoms. The second-order valence-corrected chi connectivity index (χ2v) is 6.03. The lowest BCUT2D eigenvalue weighted by atomic mass is 10.2. The Kier molecular flexibility index (Phi) is 3.61. The standard InChI is InChI=1S/C13H13BrN2O2S/c1-2-3-15-13-16-6-11(19-13)8-4-9(14)12-10(5-8)17-7-18-12/h4-6H,2-3,7H2,1H3,(H,15,16). The summed E-state index contributed by atoms with van der Waals surface area (Å²) >= 11 is 5.15. The summed E-state index contributed by atoms with van der Waals surface area (Å²) in [5, 5.41) is 4.24. The van der Waals surface area contributed by atoms with Crippen LogP contribution in [0.1, 0.15) is 13.3 Å². The van der Waals surface area contributed by atoms with Gasteiger partial charge in [-0.2, -0.15) is 0 Å². The van der Waals surface area contributed by atoms with E-state index < -0.39 is 0 Å². The Hall–Kier alpha value is -1.27. The van der Waals surface area contributed by atoms with Crippen molar-refractivity contribution < 1.29 is 9.47 Å². The third-order valence-electron chi connectivity index (χ3n) is 2.74. The SMILES string of the molecule is CCCNc1ncc(-c2cc(Br)c3c(c2)OCO3)s1. The van der Waals surface area contributed by atoms with E-state index in [1.54, 1.807) is 11.3 Å². The maximum absolute atomic E-state index is 5.43. The van der Waals surface area contributed by atoms with E-state index in [1.165, 1.54) is 0 Å². The molecule has 19 heavy (non-hydrogen) atoms. The molecule has 1 aromatic carbocycles. The number of ether oxygens (including phenoxy) is 2. The van der Waals surface area contributed by atoms with Gasteiger partial charge in [0, 0.05) is 12.7 Å². The van der Waals surface area contributed by atoms with E-state index in [1.807, 2.05) is 18.3 Å². The summed E-state index contributed by atoms with van der Waals surface area (Å²) in [7, 11) is 0. The topological polar surface area (TPSA) is 43.4 Å². The molecule has 1 aromatic heterocycles. The van der Waals surface area contributed by atoms with Gasteiger partial charge in [0.2, 0.25) is 6.79 Å². The van der Waals surface area contributed by atoms with Crippen molar-refractivity contribution in [2.75, 3.05) is 18.7 Å². The predicted molar refractivity (Wildman–Crippen MR) is 80.2 cm³/mol. The van der Waals surface area contributed by atoms with Crippen molar-refractivity contribution in [3.63, 3.8) is 0 Å². The van der Waals surface area contributed by atoms with E-state index in [9.17, 15) is 0 Å². The van der Waals surface area contributed by atoms with E-state index in [0.29, 0.717) is 0 Å². The fourth-order valence-electron chi connectivity index (χ4n) is 1.83. The number of aromatic nitrogens is 1. The zero-order chi connectivity index (χ0) is 13.2. The molecule has 0 radical (unpaired) electrons. The molecule has 0 unspecified atom stereocenters. The van der Waals surface area contributed by atoms with E-state index in [0.717, 1.165) is 44.5 Å². The van der Waals surface area contributed by atoms with Crippen LogP contribution >= 0.6 is 27.3 Å². The van der Waals surface area contributed by atoms with Crippen molar-refractivity contribution in [3.8, 4) is 21.9 Å². The molecule has 0 fully saturated rings. The minimum atomic E-state index is 0.281. The molecule has 0 amide bonds. The average molecular weight is 341 g/mol. The molecule has 0 aliphatic carbocycles. The minimum Gasteiger partial charge on any atom is -0.454 e. The predicted octanol–water partition coefficient (Wildman–Crippen LogP) is 4.12. The number of thiazole rings is 1. The molecule has 2 aromatic rings. The molecule has 0 atom stereocenters. The normalized spacial score (nSPS) is 12.7. The average Bonchev–Trinajstić information content (AvgIpc) is 3.05. The number of hydrogen-bond donors (Lipinski definition) is 1. The van der Waals surface area contributed by atoms with E-state index in [-0.39, 0.29) is 6.79 Å². The molecule has 0 spiro atoms.